The third-order valence-corrected chi connectivity index (χ3v) is 6.23. The highest BCUT2D eigenvalue weighted by atomic mass is 35.5. The van der Waals surface area contributed by atoms with E-state index >= 15 is 0 Å². The second-order valence-electron chi connectivity index (χ2n) is 7.23. The van der Waals surface area contributed by atoms with Crippen molar-refractivity contribution < 1.29 is 9.30 Å². The summed E-state index contributed by atoms with van der Waals surface area (Å²) in [5.41, 5.74) is 0.908. The molecule has 0 aliphatic carbocycles. The molecule has 28 heavy (non-hydrogen) atoms. The molecule has 1 heterocycles. The zero-order valence-electron chi connectivity index (χ0n) is 17.4. The lowest BCUT2D eigenvalue weighted by Gasteiger charge is -2.07. The molecule has 1 aromatic heterocycles. The summed E-state index contributed by atoms with van der Waals surface area (Å²) in [6.45, 7) is 2.28. The van der Waals surface area contributed by atoms with E-state index in [-0.39, 0.29) is 0 Å². The van der Waals surface area contributed by atoms with Gasteiger partial charge in [0.1, 0.15) is 0 Å². The number of halogens is 1. The first kappa shape index (κ1) is 23.1. The van der Waals surface area contributed by atoms with Crippen LogP contribution >= 0.6 is 23.4 Å². The first-order valence-electron chi connectivity index (χ1n) is 10.7. The van der Waals surface area contributed by atoms with E-state index < -0.39 is 0 Å². The maximum atomic E-state index is 6.17. The van der Waals surface area contributed by atoms with E-state index in [1.165, 1.54) is 70.6 Å². The molecule has 0 aliphatic heterocycles. The quantitative estimate of drug-likeness (QED) is 0.195. The van der Waals surface area contributed by atoms with Gasteiger partial charge < -0.3 is 4.74 Å². The molecule has 0 radical (unpaired) electrons. The molecule has 156 valence electrons. The van der Waals surface area contributed by atoms with Crippen molar-refractivity contribution in [1.29, 1.82) is 0 Å². The van der Waals surface area contributed by atoms with Crippen LogP contribution in [-0.2, 0) is 0 Å². The van der Waals surface area contributed by atoms with Crippen molar-refractivity contribution in [3.8, 4) is 11.4 Å². The zero-order valence-corrected chi connectivity index (χ0v) is 19.0. The minimum absolute atomic E-state index is 0.686. The molecule has 0 atom stereocenters. The number of aromatic amines is 1. The molecule has 0 bridgehead atoms. The van der Waals surface area contributed by atoms with E-state index in [4.69, 9.17) is 16.3 Å². The summed E-state index contributed by atoms with van der Waals surface area (Å²) in [7, 11) is 1.67. The molecule has 2 aromatic rings. The number of ether oxygens (including phenoxy) is 1. The van der Waals surface area contributed by atoms with Crippen LogP contribution in [0.5, 0.6) is 5.75 Å². The highest BCUT2D eigenvalue weighted by Gasteiger charge is 2.18. The van der Waals surface area contributed by atoms with Crippen LogP contribution in [0, 0.1) is 0 Å². The molecule has 1 N–H and O–H groups in total. The van der Waals surface area contributed by atoms with Gasteiger partial charge in [0, 0.05) is 21.9 Å². The summed E-state index contributed by atoms with van der Waals surface area (Å²) in [5, 5.41) is 8.98. The van der Waals surface area contributed by atoms with Crippen molar-refractivity contribution in [2.24, 2.45) is 0 Å². The van der Waals surface area contributed by atoms with E-state index in [2.05, 4.69) is 17.1 Å². The van der Waals surface area contributed by atoms with Crippen molar-refractivity contribution in [1.82, 2.24) is 10.2 Å². The lowest BCUT2D eigenvalue weighted by atomic mass is 10.1. The Morgan fingerprint density at radius 3 is 2.29 bits per heavy atom. The topological polar surface area (TPSA) is 41.8 Å². The Morgan fingerprint density at radius 2 is 1.64 bits per heavy atom. The van der Waals surface area contributed by atoms with Gasteiger partial charge in [-0.15, -0.1) is 5.10 Å². The van der Waals surface area contributed by atoms with Gasteiger partial charge in [-0.3, -0.25) is 0 Å². The smallest absolute Gasteiger partial charge is 0.298 e. The van der Waals surface area contributed by atoms with Gasteiger partial charge in [0.05, 0.1) is 7.11 Å². The Hall–Kier alpha value is -1.20. The van der Waals surface area contributed by atoms with Gasteiger partial charge in [-0.1, -0.05) is 94.5 Å². The Morgan fingerprint density at radius 1 is 1.00 bits per heavy atom. The normalized spacial score (nSPS) is 11.1. The van der Waals surface area contributed by atoms with Crippen LogP contribution in [0.25, 0.3) is 5.69 Å². The van der Waals surface area contributed by atoms with Gasteiger partial charge >= 0.3 is 0 Å². The number of hydrogen-bond acceptors (Lipinski definition) is 3. The van der Waals surface area contributed by atoms with Crippen LogP contribution in [0.2, 0.25) is 5.02 Å². The molecule has 0 unspecified atom stereocenters. The fraction of sp³-hybridized carbons (Fsp3) is 0.636. The fourth-order valence-corrected chi connectivity index (χ4v) is 4.42. The summed E-state index contributed by atoms with van der Waals surface area (Å²) in [4.78, 5) is 0. The molecule has 0 aliphatic rings. The second kappa shape index (κ2) is 13.9. The molecule has 6 heteroatoms. The lowest BCUT2D eigenvalue weighted by molar-refractivity contribution is -0.636. The van der Waals surface area contributed by atoms with E-state index in [0.29, 0.717) is 5.02 Å². The standard InChI is InChI=1S/C22H34ClN3OS/c1-3-4-5-6-7-8-9-10-11-12-13-16-28-22-25-24-18-26(22)20-17-19(23)14-15-21(20)27-2/h14-15,17-18H,3-13,16H2,1-2H3/p+1. The SMILES string of the molecule is CCCCCCCCCCCCCSc1[nH]nc[n+]1-c1cc(Cl)ccc1OC. The Balaban J connectivity index is 1.64. The number of aromatic nitrogens is 3. The van der Waals surface area contributed by atoms with Crippen molar-refractivity contribution >= 4 is 23.4 Å². The number of H-pyrrole nitrogens is 1. The maximum Gasteiger partial charge on any atom is 0.298 e. The van der Waals surface area contributed by atoms with Crippen LogP contribution in [0.4, 0.5) is 0 Å². The minimum Gasteiger partial charge on any atom is -0.493 e. The zero-order chi connectivity index (χ0) is 20.0. The van der Waals surface area contributed by atoms with E-state index in [1.54, 1.807) is 25.2 Å². The minimum atomic E-state index is 0.686. The number of benzene rings is 1. The summed E-state index contributed by atoms with van der Waals surface area (Å²) in [5.74, 6) is 1.87. The molecular weight excluding hydrogens is 390 g/mol. The molecule has 1 aromatic carbocycles. The molecule has 0 amide bonds. The second-order valence-corrected chi connectivity index (χ2v) is 8.75. The number of thioether (sulfide) groups is 1. The van der Waals surface area contributed by atoms with E-state index in [9.17, 15) is 0 Å². The third-order valence-electron chi connectivity index (χ3n) is 4.94. The fourth-order valence-electron chi connectivity index (χ4n) is 3.31. The van der Waals surface area contributed by atoms with Crippen molar-refractivity contribution in [2.45, 2.75) is 82.7 Å². The number of nitrogens with zero attached hydrogens (tertiary/aromatic N) is 2. The van der Waals surface area contributed by atoms with Crippen molar-refractivity contribution in [3.05, 3.63) is 29.5 Å². The Bertz CT molecular complexity index is 678. The van der Waals surface area contributed by atoms with Crippen molar-refractivity contribution in [2.75, 3.05) is 12.9 Å². The summed E-state index contributed by atoms with van der Waals surface area (Å²) in [6, 6.07) is 5.63. The molecule has 0 saturated carbocycles. The predicted octanol–water partition coefficient (Wildman–Crippen LogP) is 6.75. The van der Waals surface area contributed by atoms with Gasteiger partial charge in [-0.05, 0) is 18.6 Å². The maximum absolute atomic E-state index is 6.17. The number of rotatable bonds is 15. The van der Waals surface area contributed by atoms with Gasteiger partial charge in [-0.2, -0.15) is 4.57 Å². The van der Waals surface area contributed by atoms with Crippen LogP contribution in [-0.4, -0.2) is 23.1 Å². The largest absolute Gasteiger partial charge is 0.493 e. The average Bonchev–Trinajstić information content (AvgIpc) is 3.17. The van der Waals surface area contributed by atoms with Crippen LogP contribution in [0.1, 0.15) is 77.6 Å². The lowest BCUT2D eigenvalue weighted by Crippen LogP contribution is -2.31. The van der Waals surface area contributed by atoms with Crippen LogP contribution < -0.4 is 9.30 Å². The number of methoxy groups -OCH3 is 1. The summed E-state index contributed by atoms with van der Waals surface area (Å²) in [6.07, 6.45) is 16.8. The molecule has 0 fully saturated rings. The first-order chi connectivity index (χ1) is 13.8. The highest BCUT2D eigenvalue weighted by Crippen LogP contribution is 2.24. The van der Waals surface area contributed by atoms with Crippen LogP contribution in [0.3, 0.4) is 0 Å². The van der Waals surface area contributed by atoms with E-state index in [0.717, 1.165) is 22.3 Å². The Kier molecular flexibility index (Phi) is 11.5. The summed E-state index contributed by atoms with van der Waals surface area (Å²) < 4.78 is 7.47. The van der Waals surface area contributed by atoms with Crippen LogP contribution in [0.15, 0.2) is 29.7 Å². The number of unbranched alkanes of at least 4 members (excludes halogenated alkanes) is 10. The predicted molar refractivity (Wildman–Crippen MR) is 119 cm³/mol. The third kappa shape index (κ3) is 8.04. The van der Waals surface area contributed by atoms with Gasteiger partial charge in [0.2, 0.25) is 0 Å². The van der Waals surface area contributed by atoms with E-state index in [1.807, 2.05) is 22.8 Å². The van der Waals surface area contributed by atoms with Gasteiger partial charge in [0.15, 0.2) is 11.4 Å². The first-order valence-corrected chi connectivity index (χ1v) is 12.0. The molecular formula is C22H35ClN3OS+. The average molecular weight is 425 g/mol. The van der Waals surface area contributed by atoms with Gasteiger partial charge in [-0.25, -0.2) is 0 Å². The monoisotopic (exact) mass is 424 g/mol. The molecule has 0 spiro atoms. The van der Waals surface area contributed by atoms with Crippen molar-refractivity contribution in [3.63, 3.8) is 0 Å². The molecule has 2 rings (SSSR count). The number of nitrogens with one attached hydrogen (secondary N) is 1. The number of hydrogen-bond donors (Lipinski definition) is 1. The Labute approximate surface area is 179 Å². The van der Waals surface area contributed by atoms with Gasteiger partial charge in [0.25, 0.3) is 11.5 Å². The summed E-state index contributed by atoms with van der Waals surface area (Å²) >= 11 is 7.97. The molecule has 0 saturated heterocycles. The molecule has 4 nitrogen and oxygen atoms in total. The highest BCUT2D eigenvalue weighted by molar-refractivity contribution is 7.99.